The Kier molecular flexibility index (Phi) is 2.83. The minimum atomic E-state index is -0.832. The van der Waals surface area contributed by atoms with Crippen molar-refractivity contribution < 1.29 is 9.90 Å². The first-order valence-corrected chi connectivity index (χ1v) is 6.08. The summed E-state index contributed by atoms with van der Waals surface area (Å²) in [6, 6.07) is 3.96. The highest BCUT2D eigenvalue weighted by atomic mass is 32.1. The van der Waals surface area contributed by atoms with Crippen LogP contribution in [0.5, 0.6) is 0 Å². The largest absolute Gasteiger partial charge is 0.481 e. The minimum absolute atomic E-state index is 0.00765. The maximum absolute atomic E-state index is 10.6. The first-order valence-electron chi connectivity index (χ1n) is 4.39. The molecule has 0 aliphatic rings. The Morgan fingerprint density at radius 2 is 2.40 bits per heavy atom. The third-order valence-electron chi connectivity index (χ3n) is 1.94. The zero-order valence-corrected chi connectivity index (χ0v) is 9.69. The number of thiophene rings is 1. The van der Waals surface area contributed by atoms with Gasteiger partial charge < -0.3 is 5.11 Å². The second kappa shape index (κ2) is 4.12. The van der Waals surface area contributed by atoms with Crippen molar-refractivity contribution in [3.8, 4) is 9.88 Å². The van der Waals surface area contributed by atoms with Crippen LogP contribution in [-0.2, 0) is 11.2 Å². The zero-order chi connectivity index (χ0) is 10.8. The molecule has 0 amide bonds. The third-order valence-corrected chi connectivity index (χ3v) is 4.00. The third kappa shape index (κ3) is 2.24. The molecule has 0 fully saturated rings. The Balaban J connectivity index is 2.33. The summed E-state index contributed by atoms with van der Waals surface area (Å²) < 4.78 is 0. The number of hydrogen-bond acceptors (Lipinski definition) is 4. The van der Waals surface area contributed by atoms with Crippen molar-refractivity contribution >= 4 is 28.6 Å². The Labute approximate surface area is 95.0 Å². The van der Waals surface area contributed by atoms with Crippen LogP contribution >= 0.6 is 22.7 Å². The molecule has 0 radical (unpaired) electrons. The Hall–Kier alpha value is -1.20. The first-order chi connectivity index (χ1) is 7.16. The quantitative estimate of drug-likeness (QED) is 0.896. The van der Waals surface area contributed by atoms with E-state index in [0.29, 0.717) is 5.69 Å². The molecule has 0 saturated carbocycles. The number of carboxylic acid groups (broad SMARTS) is 1. The van der Waals surface area contributed by atoms with Crippen molar-refractivity contribution in [1.82, 2.24) is 4.98 Å². The molecule has 0 saturated heterocycles. The van der Waals surface area contributed by atoms with Crippen molar-refractivity contribution in [2.75, 3.05) is 0 Å². The summed E-state index contributed by atoms with van der Waals surface area (Å²) in [6.45, 7) is 1.91. The fourth-order valence-electron chi connectivity index (χ4n) is 1.24. The number of hydrogen-bond donors (Lipinski definition) is 1. The SMILES string of the molecule is Cc1sc(-c2cccs2)nc1CC(=O)O. The summed E-state index contributed by atoms with van der Waals surface area (Å²) in [7, 11) is 0. The maximum Gasteiger partial charge on any atom is 0.309 e. The molecule has 0 bridgehead atoms. The Bertz CT molecular complexity index is 474. The number of carbonyl (C=O) groups is 1. The monoisotopic (exact) mass is 239 g/mol. The van der Waals surface area contributed by atoms with Crippen molar-refractivity contribution in [3.63, 3.8) is 0 Å². The lowest BCUT2D eigenvalue weighted by Crippen LogP contribution is -2.01. The van der Waals surface area contributed by atoms with Crippen molar-refractivity contribution in [3.05, 3.63) is 28.1 Å². The average Bonchev–Trinajstić information content (AvgIpc) is 2.75. The van der Waals surface area contributed by atoms with Gasteiger partial charge in [-0.3, -0.25) is 4.79 Å². The summed E-state index contributed by atoms with van der Waals surface area (Å²) in [5.74, 6) is -0.832. The second-order valence-corrected chi connectivity index (χ2v) is 5.22. The van der Waals surface area contributed by atoms with Gasteiger partial charge in [0, 0.05) is 4.88 Å². The molecule has 2 aromatic heterocycles. The molecule has 78 valence electrons. The highest BCUT2D eigenvalue weighted by Crippen LogP contribution is 2.30. The zero-order valence-electron chi connectivity index (χ0n) is 8.06. The van der Waals surface area contributed by atoms with Gasteiger partial charge in [-0.1, -0.05) is 6.07 Å². The van der Waals surface area contributed by atoms with Crippen LogP contribution in [0.25, 0.3) is 9.88 Å². The average molecular weight is 239 g/mol. The van der Waals surface area contributed by atoms with Gasteiger partial charge in [0.2, 0.25) is 0 Å². The molecule has 0 atom stereocenters. The molecule has 0 aliphatic carbocycles. The summed E-state index contributed by atoms with van der Waals surface area (Å²) in [4.78, 5) is 17.0. The van der Waals surface area contributed by atoms with E-state index in [1.165, 1.54) is 0 Å². The van der Waals surface area contributed by atoms with E-state index in [1.807, 2.05) is 24.4 Å². The fraction of sp³-hybridized carbons (Fsp3) is 0.200. The highest BCUT2D eigenvalue weighted by molar-refractivity contribution is 7.21. The highest BCUT2D eigenvalue weighted by Gasteiger charge is 2.12. The summed E-state index contributed by atoms with van der Waals surface area (Å²) >= 11 is 3.17. The molecule has 1 N–H and O–H groups in total. The summed E-state index contributed by atoms with van der Waals surface area (Å²) in [5.41, 5.74) is 0.677. The maximum atomic E-state index is 10.6. The van der Waals surface area contributed by atoms with Gasteiger partial charge in [-0.05, 0) is 18.4 Å². The summed E-state index contributed by atoms with van der Waals surface area (Å²) in [5, 5.41) is 11.6. The molecular weight excluding hydrogens is 230 g/mol. The van der Waals surface area contributed by atoms with E-state index < -0.39 is 5.97 Å². The second-order valence-electron chi connectivity index (χ2n) is 3.07. The van der Waals surface area contributed by atoms with E-state index >= 15 is 0 Å². The van der Waals surface area contributed by atoms with E-state index in [-0.39, 0.29) is 6.42 Å². The summed E-state index contributed by atoms with van der Waals surface area (Å²) in [6.07, 6.45) is 0.00765. The number of aliphatic carboxylic acids is 1. The van der Waals surface area contributed by atoms with Gasteiger partial charge in [-0.25, -0.2) is 4.98 Å². The number of rotatable bonds is 3. The number of thiazole rings is 1. The minimum Gasteiger partial charge on any atom is -0.481 e. The van der Waals surface area contributed by atoms with Crippen molar-refractivity contribution in [2.24, 2.45) is 0 Å². The number of nitrogens with zero attached hydrogens (tertiary/aromatic N) is 1. The van der Waals surface area contributed by atoms with E-state index in [9.17, 15) is 4.79 Å². The van der Waals surface area contributed by atoms with Crippen LogP contribution in [0.1, 0.15) is 10.6 Å². The lowest BCUT2D eigenvalue weighted by atomic mass is 10.3. The first kappa shape index (κ1) is 10.3. The molecule has 0 aromatic carbocycles. The molecule has 15 heavy (non-hydrogen) atoms. The van der Waals surface area contributed by atoms with Crippen LogP contribution in [-0.4, -0.2) is 16.1 Å². The van der Waals surface area contributed by atoms with Crippen LogP contribution in [0.15, 0.2) is 17.5 Å². The van der Waals surface area contributed by atoms with Gasteiger partial charge in [-0.15, -0.1) is 22.7 Å². The standard InChI is InChI=1S/C10H9NO2S2/c1-6-7(5-9(12)13)11-10(15-6)8-3-2-4-14-8/h2-4H,5H2,1H3,(H,12,13). The molecule has 2 heterocycles. The van der Waals surface area contributed by atoms with E-state index in [2.05, 4.69) is 4.98 Å². The Morgan fingerprint density at radius 3 is 3.00 bits per heavy atom. The fourth-order valence-corrected chi connectivity index (χ4v) is 2.97. The van der Waals surface area contributed by atoms with Gasteiger partial charge >= 0.3 is 5.97 Å². The van der Waals surface area contributed by atoms with Crippen LogP contribution in [0.3, 0.4) is 0 Å². The number of aryl methyl sites for hydroxylation is 1. The Morgan fingerprint density at radius 1 is 1.60 bits per heavy atom. The normalized spacial score (nSPS) is 10.5. The topological polar surface area (TPSA) is 50.2 Å². The smallest absolute Gasteiger partial charge is 0.309 e. The lowest BCUT2D eigenvalue weighted by molar-refractivity contribution is -0.136. The van der Waals surface area contributed by atoms with Crippen LogP contribution in [0.4, 0.5) is 0 Å². The van der Waals surface area contributed by atoms with Crippen LogP contribution in [0.2, 0.25) is 0 Å². The number of carboxylic acids is 1. The molecule has 2 aromatic rings. The van der Waals surface area contributed by atoms with E-state index in [1.54, 1.807) is 22.7 Å². The van der Waals surface area contributed by atoms with Gasteiger partial charge in [0.15, 0.2) is 0 Å². The predicted molar refractivity (Wildman–Crippen MR) is 61.5 cm³/mol. The van der Waals surface area contributed by atoms with Gasteiger partial charge in [0.1, 0.15) is 5.01 Å². The van der Waals surface area contributed by atoms with Crippen LogP contribution < -0.4 is 0 Å². The molecule has 0 aliphatic heterocycles. The predicted octanol–water partition coefficient (Wildman–Crippen LogP) is 2.81. The van der Waals surface area contributed by atoms with Gasteiger partial charge in [-0.2, -0.15) is 0 Å². The van der Waals surface area contributed by atoms with Crippen molar-refractivity contribution in [2.45, 2.75) is 13.3 Å². The van der Waals surface area contributed by atoms with E-state index in [4.69, 9.17) is 5.11 Å². The van der Waals surface area contributed by atoms with Gasteiger partial charge in [0.05, 0.1) is 17.0 Å². The molecule has 5 heteroatoms. The molecular formula is C10H9NO2S2. The number of aromatic nitrogens is 1. The molecule has 3 nitrogen and oxygen atoms in total. The molecule has 0 spiro atoms. The van der Waals surface area contributed by atoms with Gasteiger partial charge in [0.25, 0.3) is 0 Å². The van der Waals surface area contributed by atoms with Crippen LogP contribution in [0, 0.1) is 6.92 Å². The van der Waals surface area contributed by atoms with Crippen molar-refractivity contribution in [1.29, 1.82) is 0 Å². The van der Waals surface area contributed by atoms with E-state index in [0.717, 1.165) is 14.8 Å². The lowest BCUT2D eigenvalue weighted by Gasteiger charge is -1.90. The molecule has 0 unspecified atom stereocenters. The molecule has 2 rings (SSSR count).